The second-order valence-electron chi connectivity index (χ2n) is 3.63. The Bertz CT molecular complexity index is 610. The van der Waals surface area contributed by atoms with Gasteiger partial charge < -0.3 is 4.74 Å². The van der Waals surface area contributed by atoms with Crippen LogP contribution in [0.5, 0.6) is 5.75 Å². The summed E-state index contributed by atoms with van der Waals surface area (Å²) in [5, 5.41) is 0.172. The van der Waals surface area contributed by atoms with Gasteiger partial charge in [0.1, 0.15) is 10.2 Å². The molecule has 0 amide bonds. The fourth-order valence-corrected chi connectivity index (χ4v) is 1.94. The Morgan fingerprint density at radius 1 is 1.39 bits per heavy atom. The highest BCUT2D eigenvalue weighted by Gasteiger charge is 2.07. The van der Waals surface area contributed by atoms with Crippen LogP contribution in [0.15, 0.2) is 39.9 Å². The molecule has 94 valence electrons. The highest BCUT2D eigenvalue weighted by Crippen LogP contribution is 2.15. The van der Waals surface area contributed by atoms with Gasteiger partial charge in [-0.2, -0.15) is 0 Å². The van der Waals surface area contributed by atoms with Crippen LogP contribution in [-0.2, 0) is 6.54 Å². The minimum Gasteiger partial charge on any atom is -0.497 e. The first-order valence-corrected chi connectivity index (χ1v) is 6.32. The van der Waals surface area contributed by atoms with E-state index in [0.717, 1.165) is 11.3 Å². The fraction of sp³-hybridized carbons (Fsp3) is 0.167. The predicted molar refractivity (Wildman–Crippen MR) is 73.3 cm³/mol. The molecule has 1 aromatic carbocycles. The first-order valence-electron chi connectivity index (χ1n) is 5.15. The number of rotatable bonds is 3. The fourth-order valence-electron chi connectivity index (χ4n) is 1.48. The summed E-state index contributed by atoms with van der Waals surface area (Å²) in [6.07, 6.45) is 1.43. The number of hydrogen-bond acceptors (Lipinski definition) is 3. The normalized spacial score (nSPS) is 10.4. The van der Waals surface area contributed by atoms with Gasteiger partial charge in [-0.3, -0.25) is 9.36 Å². The van der Waals surface area contributed by atoms with E-state index in [-0.39, 0.29) is 15.2 Å². The number of benzene rings is 1. The molecular weight excluding hydrogens is 320 g/mol. The van der Waals surface area contributed by atoms with E-state index in [9.17, 15) is 4.79 Å². The third kappa shape index (κ3) is 2.73. The summed E-state index contributed by atoms with van der Waals surface area (Å²) in [5.74, 6) is 0.779. The van der Waals surface area contributed by atoms with Crippen LogP contribution in [0, 0.1) is 0 Å². The third-order valence-corrected chi connectivity index (χ3v) is 3.68. The SMILES string of the molecule is COc1ccc(Cn2cnc(Cl)c(Br)c2=O)cc1. The zero-order chi connectivity index (χ0) is 13.1. The maximum Gasteiger partial charge on any atom is 0.269 e. The molecule has 2 aromatic rings. The number of halogens is 2. The maximum absolute atomic E-state index is 11.9. The van der Waals surface area contributed by atoms with Crippen molar-refractivity contribution in [1.82, 2.24) is 9.55 Å². The molecule has 0 aliphatic heterocycles. The molecule has 1 aromatic heterocycles. The molecule has 0 saturated carbocycles. The van der Waals surface area contributed by atoms with E-state index < -0.39 is 0 Å². The Morgan fingerprint density at radius 3 is 2.67 bits per heavy atom. The molecule has 0 saturated heterocycles. The van der Waals surface area contributed by atoms with Crippen LogP contribution >= 0.6 is 27.5 Å². The maximum atomic E-state index is 11.9. The van der Waals surface area contributed by atoms with E-state index in [1.54, 1.807) is 7.11 Å². The lowest BCUT2D eigenvalue weighted by atomic mass is 10.2. The molecule has 0 spiro atoms. The lowest BCUT2D eigenvalue weighted by Gasteiger charge is -2.07. The molecule has 0 unspecified atom stereocenters. The summed E-state index contributed by atoms with van der Waals surface area (Å²) in [4.78, 5) is 15.8. The van der Waals surface area contributed by atoms with Crippen LogP contribution in [-0.4, -0.2) is 16.7 Å². The van der Waals surface area contributed by atoms with Gasteiger partial charge >= 0.3 is 0 Å². The lowest BCUT2D eigenvalue weighted by Crippen LogP contribution is -2.21. The van der Waals surface area contributed by atoms with Crippen molar-refractivity contribution in [2.45, 2.75) is 6.54 Å². The third-order valence-electron chi connectivity index (χ3n) is 2.45. The monoisotopic (exact) mass is 328 g/mol. The molecule has 0 aliphatic rings. The minimum atomic E-state index is -0.203. The molecule has 18 heavy (non-hydrogen) atoms. The van der Waals surface area contributed by atoms with E-state index in [0.29, 0.717) is 6.54 Å². The molecule has 0 fully saturated rings. The van der Waals surface area contributed by atoms with Crippen molar-refractivity contribution in [1.29, 1.82) is 0 Å². The van der Waals surface area contributed by atoms with Crippen molar-refractivity contribution in [3.8, 4) is 5.75 Å². The lowest BCUT2D eigenvalue weighted by molar-refractivity contribution is 0.414. The van der Waals surface area contributed by atoms with Crippen LogP contribution in [0.3, 0.4) is 0 Å². The molecule has 0 N–H and O–H groups in total. The second-order valence-corrected chi connectivity index (χ2v) is 4.78. The summed E-state index contributed by atoms with van der Waals surface area (Å²) in [5.41, 5.74) is 0.778. The van der Waals surface area contributed by atoms with E-state index >= 15 is 0 Å². The Labute approximate surface area is 117 Å². The number of aromatic nitrogens is 2. The van der Waals surface area contributed by atoms with Gasteiger partial charge in [-0.05, 0) is 33.6 Å². The summed E-state index contributed by atoms with van der Waals surface area (Å²) < 4.78 is 6.83. The minimum absolute atomic E-state index is 0.172. The van der Waals surface area contributed by atoms with Crippen molar-refractivity contribution < 1.29 is 4.74 Å². The zero-order valence-electron chi connectivity index (χ0n) is 9.56. The van der Waals surface area contributed by atoms with Crippen molar-refractivity contribution in [2.24, 2.45) is 0 Å². The Hall–Kier alpha value is -1.33. The van der Waals surface area contributed by atoms with Gasteiger partial charge in [0.05, 0.1) is 20.0 Å². The largest absolute Gasteiger partial charge is 0.497 e. The summed E-state index contributed by atoms with van der Waals surface area (Å²) >= 11 is 8.86. The van der Waals surface area contributed by atoms with Crippen LogP contribution in [0.1, 0.15) is 5.56 Å². The quantitative estimate of drug-likeness (QED) is 0.813. The predicted octanol–water partition coefficient (Wildman–Crippen LogP) is 2.72. The number of ether oxygens (including phenoxy) is 1. The van der Waals surface area contributed by atoms with Gasteiger partial charge in [0, 0.05) is 0 Å². The van der Waals surface area contributed by atoms with E-state index in [1.807, 2.05) is 24.3 Å². The van der Waals surface area contributed by atoms with Gasteiger partial charge in [0.15, 0.2) is 5.15 Å². The summed E-state index contributed by atoms with van der Waals surface area (Å²) in [6.45, 7) is 0.436. The Kier molecular flexibility index (Phi) is 4.04. The smallest absolute Gasteiger partial charge is 0.269 e. The van der Waals surface area contributed by atoms with E-state index in [2.05, 4.69) is 20.9 Å². The van der Waals surface area contributed by atoms with Gasteiger partial charge in [-0.25, -0.2) is 4.98 Å². The molecular formula is C12H10BrClN2O2. The van der Waals surface area contributed by atoms with Crippen LogP contribution in [0.25, 0.3) is 0 Å². The standard InChI is InChI=1S/C12H10BrClN2O2/c1-18-9-4-2-8(3-5-9)6-16-7-15-11(14)10(13)12(16)17/h2-5,7H,6H2,1H3. The van der Waals surface area contributed by atoms with Gasteiger partial charge in [-0.1, -0.05) is 23.7 Å². The molecule has 6 heteroatoms. The first kappa shape index (κ1) is 13.1. The highest BCUT2D eigenvalue weighted by molar-refractivity contribution is 9.10. The number of hydrogen-bond donors (Lipinski definition) is 0. The van der Waals surface area contributed by atoms with Crippen molar-refractivity contribution >= 4 is 27.5 Å². The van der Waals surface area contributed by atoms with Crippen molar-refractivity contribution in [3.05, 3.63) is 56.1 Å². The summed E-state index contributed by atoms with van der Waals surface area (Å²) in [7, 11) is 1.61. The van der Waals surface area contributed by atoms with Gasteiger partial charge in [0.25, 0.3) is 5.56 Å². The average molecular weight is 330 g/mol. The molecule has 0 bridgehead atoms. The number of methoxy groups -OCH3 is 1. The van der Waals surface area contributed by atoms with Crippen LogP contribution < -0.4 is 10.3 Å². The van der Waals surface area contributed by atoms with Crippen molar-refractivity contribution in [3.63, 3.8) is 0 Å². The molecule has 1 heterocycles. The first-order chi connectivity index (χ1) is 8.61. The van der Waals surface area contributed by atoms with Crippen LogP contribution in [0.4, 0.5) is 0 Å². The number of nitrogens with zero attached hydrogens (tertiary/aromatic N) is 2. The molecule has 4 nitrogen and oxygen atoms in total. The van der Waals surface area contributed by atoms with E-state index in [4.69, 9.17) is 16.3 Å². The topological polar surface area (TPSA) is 44.1 Å². The van der Waals surface area contributed by atoms with Crippen molar-refractivity contribution in [2.75, 3.05) is 7.11 Å². The zero-order valence-corrected chi connectivity index (χ0v) is 11.9. The molecule has 0 aliphatic carbocycles. The van der Waals surface area contributed by atoms with E-state index in [1.165, 1.54) is 10.9 Å². The molecule has 2 rings (SSSR count). The second kappa shape index (κ2) is 5.54. The average Bonchev–Trinajstić information content (AvgIpc) is 2.40. The van der Waals surface area contributed by atoms with Gasteiger partial charge in [-0.15, -0.1) is 0 Å². The summed E-state index contributed by atoms with van der Waals surface area (Å²) in [6, 6.07) is 7.49. The Morgan fingerprint density at radius 2 is 2.06 bits per heavy atom. The Balaban J connectivity index is 2.28. The highest BCUT2D eigenvalue weighted by atomic mass is 79.9. The molecule has 0 radical (unpaired) electrons. The molecule has 0 atom stereocenters. The van der Waals surface area contributed by atoms with Gasteiger partial charge in [0.2, 0.25) is 0 Å². The van der Waals surface area contributed by atoms with Crippen LogP contribution in [0.2, 0.25) is 5.15 Å².